The van der Waals surface area contributed by atoms with Crippen molar-refractivity contribution in [2.24, 2.45) is 0 Å². The van der Waals surface area contributed by atoms with Gasteiger partial charge in [-0.25, -0.2) is 4.79 Å². The third-order valence-electron chi connectivity index (χ3n) is 1.10. The molecule has 3 heteroatoms. The molecule has 0 fully saturated rings. The molecule has 0 aromatic heterocycles. The molecule has 0 bridgehead atoms. The lowest BCUT2D eigenvalue weighted by atomic mass is 10.2. The molecule has 3 nitrogen and oxygen atoms in total. The SMILES string of the molecule is CC(=CC(=O)O)COC(C)(C)C. The van der Waals surface area contributed by atoms with Gasteiger partial charge in [-0.3, -0.25) is 0 Å². The van der Waals surface area contributed by atoms with Crippen LogP contribution in [-0.4, -0.2) is 23.3 Å². The Hall–Kier alpha value is -0.830. The summed E-state index contributed by atoms with van der Waals surface area (Å²) in [6.07, 6.45) is 1.16. The van der Waals surface area contributed by atoms with E-state index in [1.807, 2.05) is 20.8 Å². The van der Waals surface area contributed by atoms with E-state index in [9.17, 15) is 4.79 Å². The van der Waals surface area contributed by atoms with Gasteiger partial charge in [-0.15, -0.1) is 0 Å². The van der Waals surface area contributed by atoms with Crippen LogP contribution >= 0.6 is 0 Å². The topological polar surface area (TPSA) is 46.5 Å². The van der Waals surface area contributed by atoms with Crippen molar-refractivity contribution in [2.45, 2.75) is 33.3 Å². The molecule has 0 saturated heterocycles. The predicted molar refractivity (Wildman–Crippen MR) is 47.1 cm³/mol. The molecular weight excluding hydrogens is 156 g/mol. The molecule has 0 rings (SSSR count). The zero-order valence-corrected chi connectivity index (χ0v) is 8.05. The lowest BCUT2D eigenvalue weighted by molar-refractivity contribution is -0.131. The van der Waals surface area contributed by atoms with Crippen LogP contribution in [0.3, 0.4) is 0 Å². The minimum Gasteiger partial charge on any atom is -0.478 e. The van der Waals surface area contributed by atoms with Crippen molar-refractivity contribution in [2.75, 3.05) is 6.61 Å². The van der Waals surface area contributed by atoms with Crippen molar-refractivity contribution in [3.05, 3.63) is 11.6 Å². The van der Waals surface area contributed by atoms with E-state index in [4.69, 9.17) is 9.84 Å². The fourth-order valence-electron chi connectivity index (χ4n) is 0.583. The zero-order chi connectivity index (χ0) is 9.78. The molecule has 1 N–H and O–H groups in total. The second-order valence-corrected chi connectivity index (χ2v) is 3.73. The minimum atomic E-state index is -0.926. The largest absolute Gasteiger partial charge is 0.478 e. The van der Waals surface area contributed by atoms with Crippen LogP contribution in [0.5, 0.6) is 0 Å². The molecule has 0 aromatic rings. The standard InChI is InChI=1S/C9H16O3/c1-7(5-8(10)11)6-12-9(2,3)4/h5H,6H2,1-4H3,(H,10,11). The van der Waals surface area contributed by atoms with Crippen molar-refractivity contribution in [1.82, 2.24) is 0 Å². The van der Waals surface area contributed by atoms with Gasteiger partial charge in [0.1, 0.15) is 0 Å². The number of carbonyl (C=O) groups is 1. The summed E-state index contributed by atoms with van der Waals surface area (Å²) in [6, 6.07) is 0. The van der Waals surface area contributed by atoms with Gasteiger partial charge in [0, 0.05) is 6.08 Å². The first-order valence-electron chi connectivity index (χ1n) is 3.85. The molecule has 0 aliphatic rings. The number of aliphatic carboxylic acids is 1. The Morgan fingerprint density at radius 3 is 2.33 bits per heavy atom. The molecule has 0 amide bonds. The average molecular weight is 172 g/mol. The summed E-state index contributed by atoms with van der Waals surface area (Å²) >= 11 is 0. The molecule has 0 atom stereocenters. The second kappa shape index (κ2) is 4.26. The quantitative estimate of drug-likeness (QED) is 0.660. The van der Waals surface area contributed by atoms with Crippen LogP contribution in [0.2, 0.25) is 0 Å². The summed E-state index contributed by atoms with van der Waals surface area (Å²) in [6.45, 7) is 7.90. The van der Waals surface area contributed by atoms with Crippen LogP contribution < -0.4 is 0 Å². The molecule has 0 heterocycles. The molecule has 70 valence electrons. The smallest absolute Gasteiger partial charge is 0.328 e. The lowest BCUT2D eigenvalue weighted by Crippen LogP contribution is -2.20. The number of rotatable bonds is 3. The summed E-state index contributed by atoms with van der Waals surface area (Å²) in [7, 11) is 0. The van der Waals surface area contributed by atoms with Crippen LogP contribution in [0.4, 0.5) is 0 Å². The van der Waals surface area contributed by atoms with Gasteiger partial charge in [0.25, 0.3) is 0 Å². The molecule has 0 saturated carbocycles. The third kappa shape index (κ3) is 7.28. The Bertz CT molecular complexity index is 186. The maximum atomic E-state index is 10.2. The van der Waals surface area contributed by atoms with E-state index in [0.29, 0.717) is 6.61 Å². The van der Waals surface area contributed by atoms with E-state index in [1.54, 1.807) is 6.92 Å². The number of hydrogen-bond acceptors (Lipinski definition) is 2. The van der Waals surface area contributed by atoms with Crippen molar-refractivity contribution < 1.29 is 14.6 Å². The highest BCUT2D eigenvalue weighted by atomic mass is 16.5. The summed E-state index contributed by atoms with van der Waals surface area (Å²) < 4.78 is 5.36. The molecule has 0 radical (unpaired) electrons. The fraction of sp³-hybridized carbons (Fsp3) is 0.667. The molecule has 12 heavy (non-hydrogen) atoms. The van der Waals surface area contributed by atoms with Gasteiger partial charge in [0.2, 0.25) is 0 Å². The van der Waals surface area contributed by atoms with Gasteiger partial charge in [-0.1, -0.05) is 0 Å². The van der Waals surface area contributed by atoms with Crippen LogP contribution in [-0.2, 0) is 9.53 Å². The zero-order valence-electron chi connectivity index (χ0n) is 8.05. The van der Waals surface area contributed by atoms with Crippen LogP contribution in [0.25, 0.3) is 0 Å². The highest BCUT2D eigenvalue weighted by Crippen LogP contribution is 2.08. The maximum absolute atomic E-state index is 10.2. The van der Waals surface area contributed by atoms with E-state index in [2.05, 4.69) is 0 Å². The first kappa shape index (κ1) is 11.2. The highest BCUT2D eigenvalue weighted by Gasteiger charge is 2.09. The van der Waals surface area contributed by atoms with Crippen molar-refractivity contribution in [1.29, 1.82) is 0 Å². The van der Waals surface area contributed by atoms with Crippen molar-refractivity contribution >= 4 is 5.97 Å². The summed E-state index contributed by atoms with van der Waals surface area (Å²) in [4.78, 5) is 10.2. The molecule has 0 aliphatic heterocycles. The summed E-state index contributed by atoms with van der Waals surface area (Å²) in [5.41, 5.74) is 0.505. The Labute approximate surface area is 73.0 Å². The second-order valence-electron chi connectivity index (χ2n) is 3.73. The van der Waals surface area contributed by atoms with E-state index in [-0.39, 0.29) is 5.60 Å². The van der Waals surface area contributed by atoms with Crippen LogP contribution in [0, 0.1) is 0 Å². The first-order chi connectivity index (χ1) is 5.31. The monoisotopic (exact) mass is 172 g/mol. The molecule has 0 spiro atoms. The van der Waals surface area contributed by atoms with Gasteiger partial charge in [-0.2, -0.15) is 0 Å². The maximum Gasteiger partial charge on any atom is 0.328 e. The lowest BCUT2D eigenvalue weighted by Gasteiger charge is -2.19. The Morgan fingerprint density at radius 1 is 1.50 bits per heavy atom. The van der Waals surface area contributed by atoms with E-state index >= 15 is 0 Å². The Balaban J connectivity index is 3.87. The molecule has 0 unspecified atom stereocenters. The highest BCUT2D eigenvalue weighted by molar-refractivity contribution is 5.80. The van der Waals surface area contributed by atoms with Gasteiger partial charge in [0.05, 0.1) is 12.2 Å². The molecule has 0 aromatic carbocycles. The normalized spacial score (nSPS) is 13.2. The average Bonchev–Trinajstić information content (AvgIpc) is 1.80. The van der Waals surface area contributed by atoms with E-state index in [0.717, 1.165) is 11.6 Å². The number of ether oxygens (including phenoxy) is 1. The van der Waals surface area contributed by atoms with Gasteiger partial charge < -0.3 is 9.84 Å². The minimum absolute atomic E-state index is 0.215. The molecular formula is C9H16O3. The third-order valence-corrected chi connectivity index (χ3v) is 1.10. The number of carboxylic acids is 1. The van der Waals surface area contributed by atoms with Crippen molar-refractivity contribution in [3.63, 3.8) is 0 Å². The van der Waals surface area contributed by atoms with Crippen molar-refractivity contribution in [3.8, 4) is 0 Å². The first-order valence-corrected chi connectivity index (χ1v) is 3.85. The van der Waals surface area contributed by atoms with Gasteiger partial charge >= 0.3 is 5.97 Å². The van der Waals surface area contributed by atoms with E-state index in [1.165, 1.54) is 0 Å². The molecule has 0 aliphatic carbocycles. The summed E-state index contributed by atoms with van der Waals surface area (Å²) in [5, 5.41) is 8.38. The van der Waals surface area contributed by atoms with Crippen LogP contribution in [0.15, 0.2) is 11.6 Å². The van der Waals surface area contributed by atoms with E-state index < -0.39 is 5.97 Å². The van der Waals surface area contributed by atoms with Crippen LogP contribution in [0.1, 0.15) is 27.7 Å². The fourth-order valence-corrected chi connectivity index (χ4v) is 0.583. The Kier molecular flexibility index (Phi) is 3.96. The van der Waals surface area contributed by atoms with Gasteiger partial charge in [0.15, 0.2) is 0 Å². The number of carboxylic acid groups (broad SMARTS) is 1. The predicted octanol–water partition coefficient (Wildman–Crippen LogP) is 1.83. The van der Waals surface area contributed by atoms with Gasteiger partial charge in [-0.05, 0) is 33.3 Å². The Morgan fingerprint density at radius 2 is 2.00 bits per heavy atom. The summed E-state index contributed by atoms with van der Waals surface area (Å²) in [5.74, 6) is -0.926. The number of hydrogen-bond donors (Lipinski definition) is 1.